The fraction of sp³-hybridized carbons (Fsp3) is 0.750. The molecule has 8 heteroatoms. The molecule has 0 aromatic heterocycles. The van der Waals surface area contributed by atoms with E-state index < -0.39 is 24.0 Å². The van der Waals surface area contributed by atoms with Gasteiger partial charge in [0, 0.05) is 18.2 Å². The second kappa shape index (κ2) is 10.4. The SMILES string of the molecule is CCSCC(C)NC(=O)N[C@H](CCCC(=O)O)C(=O)O. The van der Waals surface area contributed by atoms with Gasteiger partial charge < -0.3 is 20.8 Å². The molecule has 0 radical (unpaired) electrons. The Morgan fingerprint density at radius 3 is 2.35 bits per heavy atom. The Balaban J connectivity index is 4.13. The van der Waals surface area contributed by atoms with Gasteiger partial charge in [0.1, 0.15) is 6.04 Å². The van der Waals surface area contributed by atoms with Crippen LogP contribution in [0.25, 0.3) is 0 Å². The van der Waals surface area contributed by atoms with E-state index in [0.29, 0.717) is 0 Å². The first-order valence-corrected chi connectivity index (χ1v) is 7.61. The number of aliphatic carboxylic acids is 2. The van der Waals surface area contributed by atoms with Crippen LogP contribution in [0.5, 0.6) is 0 Å². The number of hydrogen-bond acceptors (Lipinski definition) is 4. The first-order valence-electron chi connectivity index (χ1n) is 6.46. The Morgan fingerprint density at radius 1 is 1.20 bits per heavy atom. The lowest BCUT2D eigenvalue weighted by Crippen LogP contribution is -2.49. The van der Waals surface area contributed by atoms with Crippen molar-refractivity contribution in [3.05, 3.63) is 0 Å². The highest BCUT2D eigenvalue weighted by Gasteiger charge is 2.20. The lowest BCUT2D eigenvalue weighted by atomic mass is 10.1. The predicted octanol–water partition coefficient (Wildman–Crippen LogP) is 1.14. The molecule has 4 N–H and O–H groups in total. The third kappa shape index (κ3) is 9.48. The fourth-order valence-electron chi connectivity index (χ4n) is 1.47. The van der Waals surface area contributed by atoms with Crippen molar-refractivity contribution in [3.8, 4) is 0 Å². The largest absolute Gasteiger partial charge is 0.481 e. The van der Waals surface area contributed by atoms with E-state index in [9.17, 15) is 14.4 Å². The molecule has 0 aliphatic carbocycles. The molecule has 0 rings (SSSR count). The van der Waals surface area contributed by atoms with Crippen LogP contribution in [-0.4, -0.2) is 51.8 Å². The van der Waals surface area contributed by atoms with Gasteiger partial charge in [0.2, 0.25) is 0 Å². The maximum atomic E-state index is 11.6. The molecule has 1 unspecified atom stereocenters. The van der Waals surface area contributed by atoms with Gasteiger partial charge in [-0.15, -0.1) is 0 Å². The molecule has 0 aliphatic rings. The summed E-state index contributed by atoms with van der Waals surface area (Å²) in [5, 5.41) is 22.5. The van der Waals surface area contributed by atoms with E-state index in [1.165, 1.54) is 0 Å². The first kappa shape index (κ1) is 18.6. The number of hydrogen-bond donors (Lipinski definition) is 4. The van der Waals surface area contributed by atoms with Crippen LogP contribution in [0.1, 0.15) is 33.1 Å². The number of carboxylic acids is 2. The molecule has 0 fully saturated rings. The minimum absolute atomic E-state index is 0.0617. The molecule has 0 aliphatic heterocycles. The highest BCUT2D eigenvalue weighted by molar-refractivity contribution is 7.99. The highest BCUT2D eigenvalue weighted by atomic mass is 32.2. The average molecular weight is 306 g/mol. The zero-order chi connectivity index (χ0) is 15.5. The molecule has 0 aromatic carbocycles. The van der Waals surface area contributed by atoms with Crippen molar-refractivity contribution in [2.75, 3.05) is 11.5 Å². The molecule has 2 atom stereocenters. The zero-order valence-corrected chi connectivity index (χ0v) is 12.5. The van der Waals surface area contributed by atoms with Crippen LogP contribution in [0.3, 0.4) is 0 Å². The van der Waals surface area contributed by atoms with E-state index in [0.717, 1.165) is 11.5 Å². The van der Waals surface area contributed by atoms with E-state index in [1.807, 2.05) is 13.8 Å². The van der Waals surface area contributed by atoms with Crippen LogP contribution in [-0.2, 0) is 9.59 Å². The monoisotopic (exact) mass is 306 g/mol. The molecule has 0 bridgehead atoms. The number of carboxylic acid groups (broad SMARTS) is 2. The zero-order valence-electron chi connectivity index (χ0n) is 11.7. The smallest absolute Gasteiger partial charge is 0.326 e. The second-order valence-corrected chi connectivity index (χ2v) is 5.67. The number of amides is 2. The molecule has 0 aromatic rings. The van der Waals surface area contributed by atoms with Gasteiger partial charge >= 0.3 is 18.0 Å². The maximum Gasteiger partial charge on any atom is 0.326 e. The Morgan fingerprint density at radius 2 is 1.85 bits per heavy atom. The lowest BCUT2D eigenvalue weighted by molar-refractivity contribution is -0.140. The van der Waals surface area contributed by atoms with Gasteiger partial charge in [-0.25, -0.2) is 9.59 Å². The van der Waals surface area contributed by atoms with Crippen molar-refractivity contribution in [2.24, 2.45) is 0 Å². The number of nitrogens with one attached hydrogen (secondary N) is 2. The summed E-state index contributed by atoms with van der Waals surface area (Å²) in [6.07, 6.45) is 0.178. The standard InChI is InChI=1S/C12H22N2O5S/c1-3-20-7-8(2)13-12(19)14-9(11(17)18)5-4-6-10(15)16/h8-9H,3-7H2,1-2H3,(H,15,16)(H,17,18)(H2,13,14,19)/t8?,9-/m1/s1. The predicted molar refractivity (Wildman–Crippen MR) is 77.0 cm³/mol. The number of thioether (sulfide) groups is 1. The van der Waals surface area contributed by atoms with Gasteiger partial charge in [-0.2, -0.15) is 11.8 Å². The van der Waals surface area contributed by atoms with E-state index in [1.54, 1.807) is 11.8 Å². The van der Waals surface area contributed by atoms with Crippen LogP contribution in [0.2, 0.25) is 0 Å². The van der Waals surface area contributed by atoms with Gasteiger partial charge in [-0.3, -0.25) is 4.79 Å². The van der Waals surface area contributed by atoms with Crippen molar-refractivity contribution in [1.29, 1.82) is 0 Å². The summed E-state index contributed by atoms with van der Waals surface area (Å²) < 4.78 is 0. The second-order valence-electron chi connectivity index (χ2n) is 4.36. The molecule has 0 spiro atoms. The summed E-state index contributed by atoms with van der Waals surface area (Å²) in [5.74, 6) is -0.453. The molecular formula is C12H22N2O5S. The summed E-state index contributed by atoms with van der Waals surface area (Å²) in [4.78, 5) is 33.0. The van der Waals surface area contributed by atoms with Gasteiger partial charge in [0.25, 0.3) is 0 Å². The quantitative estimate of drug-likeness (QED) is 0.481. The molecule has 7 nitrogen and oxygen atoms in total. The van der Waals surface area contributed by atoms with Crippen molar-refractivity contribution in [1.82, 2.24) is 10.6 Å². The molecular weight excluding hydrogens is 284 g/mol. The Hall–Kier alpha value is -1.44. The van der Waals surface area contributed by atoms with Crippen LogP contribution in [0, 0.1) is 0 Å². The molecule has 2 amide bonds. The molecule has 0 heterocycles. The molecule has 20 heavy (non-hydrogen) atoms. The van der Waals surface area contributed by atoms with Gasteiger partial charge in [0.15, 0.2) is 0 Å². The third-order valence-corrected chi connectivity index (χ3v) is 3.58. The summed E-state index contributed by atoms with van der Waals surface area (Å²) in [7, 11) is 0. The van der Waals surface area contributed by atoms with Crippen molar-refractivity contribution in [2.45, 2.75) is 45.2 Å². The normalized spacial score (nSPS) is 13.3. The van der Waals surface area contributed by atoms with Crippen molar-refractivity contribution in [3.63, 3.8) is 0 Å². The number of rotatable bonds is 10. The number of urea groups is 1. The highest BCUT2D eigenvalue weighted by Crippen LogP contribution is 2.03. The molecule has 0 saturated heterocycles. The Kier molecular flexibility index (Phi) is 9.61. The van der Waals surface area contributed by atoms with Crippen LogP contribution >= 0.6 is 11.8 Å². The van der Waals surface area contributed by atoms with Crippen LogP contribution in [0.15, 0.2) is 0 Å². The first-order chi connectivity index (χ1) is 9.36. The summed E-state index contributed by atoms with van der Waals surface area (Å²) in [6.45, 7) is 3.85. The topological polar surface area (TPSA) is 116 Å². The summed E-state index contributed by atoms with van der Waals surface area (Å²) in [5.41, 5.74) is 0. The van der Waals surface area contributed by atoms with E-state index in [-0.39, 0.29) is 25.3 Å². The molecule has 116 valence electrons. The average Bonchev–Trinajstić information content (AvgIpc) is 2.34. The van der Waals surface area contributed by atoms with E-state index in [4.69, 9.17) is 10.2 Å². The van der Waals surface area contributed by atoms with Gasteiger partial charge in [-0.1, -0.05) is 6.92 Å². The maximum absolute atomic E-state index is 11.6. The summed E-state index contributed by atoms with van der Waals surface area (Å²) in [6, 6.07) is -1.68. The minimum Gasteiger partial charge on any atom is -0.481 e. The minimum atomic E-state index is -1.17. The van der Waals surface area contributed by atoms with Crippen molar-refractivity contribution < 1.29 is 24.6 Å². The van der Waals surface area contributed by atoms with E-state index >= 15 is 0 Å². The molecule has 0 saturated carbocycles. The number of carbonyl (C=O) groups is 3. The van der Waals surface area contributed by atoms with Gasteiger partial charge in [0.05, 0.1) is 0 Å². The third-order valence-electron chi connectivity index (χ3n) is 2.44. The fourth-order valence-corrected chi connectivity index (χ4v) is 2.15. The Labute approximate surface area is 122 Å². The van der Waals surface area contributed by atoms with Crippen molar-refractivity contribution >= 4 is 29.7 Å². The van der Waals surface area contributed by atoms with E-state index in [2.05, 4.69) is 10.6 Å². The van der Waals surface area contributed by atoms with Gasteiger partial charge in [-0.05, 0) is 25.5 Å². The number of carbonyl (C=O) groups excluding carboxylic acids is 1. The van der Waals surface area contributed by atoms with Crippen LogP contribution in [0.4, 0.5) is 4.79 Å². The summed E-state index contributed by atoms with van der Waals surface area (Å²) >= 11 is 1.68. The lowest BCUT2D eigenvalue weighted by Gasteiger charge is -2.18. The van der Waals surface area contributed by atoms with Crippen LogP contribution < -0.4 is 10.6 Å². The Bertz CT molecular complexity index is 338.